The second-order valence-corrected chi connectivity index (χ2v) is 7.94. The van der Waals surface area contributed by atoms with Gasteiger partial charge in [0.1, 0.15) is 4.32 Å². The van der Waals surface area contributed by atoms with Crippen LogP contribution in [0.1, 0.15) is 10.4 Å². The Morgan fingerprint density at radius 3 is 2.68 bits per heavy atom. The number of benzene rings is 1. The molecule has 0 aliphatic carbocycles. The van der Waals surface area contributed by atoms with Crippen molar-refractivity contribution < 1.29 is 14.3 Å². The van der Waals surface area contributed by atoms with Crippen LogP contribution in [0.3, 0.4) is 0 Å². The van der Waals surface area contributed by atoms with E-state index in [0.29, 0.717) is 33.7 Å². The van der Waals surface area contributed by atoms with Crippen LogP contribution in [0, 0.1) is 0 Å². The van der Waals surface area contributed by atoms with E-state index >= 15 is 0 Å². The molecular weight excluding hydrogens is 374 g/mol. The van der Waals surface area contributed by atoms with Crippen LogP contribution in [0.5, 0.6) is 11.5 Å². The molecule has 25 heavy (non-hydrogen) atoms. The van der Waals surface area contributed by atoms with Crippen molar-refractivity contribution in [1.29, 1.82) is 0 Å². The number of nitrogens with zero attached hydrogens (tertiary/aromatic N) is 1. The van der Waals surface area contributed by atoms with Crippen molar-refractivity contribution in [2.24, 2.45) is 0 Å². The first-order chi connectivity index (χ1) is 12.1. The number of amides is 1. The lowest BCUT2D eigenvalue weighted by Gasteiger charge is -2.15. The molecule has 2 aromatic rings. The molecule has 0 saturated carbocycles. The van der Waals surface area contributed by atoms with Gasteiger partial charge in [-0.05, 0) is 41.6 Å². The average molecular weight is 392 g/mol. The van der Waals surface area contributed by atoms with Gasteiger partial charge in [-0.25, -0.2) is 0 Å². The number of thiophene rings is 1. The molecule has 0 radical (unpaired) electrons. The summed E-state index contributed by atoms with van der Waals surface area (Å²) in [6, 6.07) is 9.72. The summed E-state index contributed by atoms with van der Waals surface area (Å²) in [5, 5.41) is 1.99. The van der Waals surface area contributed by atoms with Crippen LogP contribution < -0.4 is 9.47 Å². The lowest BCUT2D eigenvalue weighted by molar-refractivity contribution is -0.122. The van der Waals surface area contributed by atoms with Crippen molar-refractivity contribution in [3.8, 4) is 11.5 Å². The molecular formula is C18H17NO3S3. The third-order valence-electron chi connectivity index (χ3n) is 3.76. The molecule has 1 amide bonds. The van der Waals surface area contributed by atoms with Crippen LogP contribution >= 0.6 is 35.3 Å². The van der Waals surface area contributed by atoms with Crippen molar-refractivity contribution in [2.45, 2.75) is 6.42 Å². The molecule has 0 unspecified atom stereocenters. The van der Waals surface area contributed by atoms with E-state index in [-0.39, 0.29) is 5.91 Å². The van der Waals surface area contributed by atoms with E-state index in [0.717, 1.165) is 10.4 Å². The second-order valence-electron chi connectivity index (χ2n) is 5.29. The van der Waals surface area contributed by atoms with Gasteiger partial charge in [-0.3, -0.25) is 9.69 Å². The summed E-state index contributed by atoms with van der Waals surface area (Å²) in [4.78, 5) is 16.0. The molecule has 1 aliphatic rings. The second kappa shape index (κ2) is 8.03. The Kier molecular flexibility index (Phi) is 5.78. The van der Waals surface area contributed by atoms with Crippen molar-refractivity contribution >= 4 is 51.6 Å². The van der Waals surface area contributed by atoms with Crippen LogP contribution in [0.15, 0.2) is 40.6 Å². The smallest absolute Gasteiger partial charge is 0.266 e. The highest BCUT2D eigenvalue weighted by Crippen LogP contribution is 2.34. The van der Waals surface area contributed by atoms with E-state index in [1.54, 1.807) is 30.5 Å². The Morgan fingerprint density at radius 1 is 1.20 bits per heavy atom. The number of thioether (sulfide) groups is 1. The first-order valence-corrected chi connectivity index (χ1v) is 9.72. The largest absolute Gasteiger partial charge is 0.493 e. The first kappa shape index (κ1) is 18.0. The summed E-state index contributed by atoms with van der Waals surface area (Å²) < 4.78 is 11.2. The molecule has 1 aliphatic heterocycles. The molecule has 7 heteroatoms. The van der Waals surface area contributed by atoms with Gasteiger partial charge in [0.2, 0.25) is 0 Å². The number of methoxy groups -OCH3 is 2. The topological polar surface area (TPSA) is 38.8 Å². The summed E-state index contributed by atoms with van der Waals surface area (Å²) >= 11 is 8.34. The summed E-state index contributed by atoms with van der Waals surface area (Å²) in [7, 11) is 3.22. The minimum absolute atomic E-state index is 0.0242. The number of carbonyl (C=O) groups excluding carboxylic acids is 1. The highest BCUT2D eigenvalue weighted by molar-refractivity contribution is 8.26. The fourth-order valence-corrected chi connectivity index (χ4v) is 4.50. The predicted molar refractivity (Wildman–Crippen MR) is 107 cm³/mol. The van der Waals surface area contributed by atoms with Crippen LogP contribution in [0.2, 0.25) is 0 Å². The van der Waals surface area contributed by atoms with Gasteiger partial charge < -0.3 is 9.47 Å². The van der Waals surface area contributed by atoms with Gasteiger partial charge in [-0.2, -0.15) is 0 Å². The lowest BCUT2D eigenvalue weighted by atomic mass is 10.1. The third-order valence-corrected chi connectivity index (χ3v) is 5.96. The number of hydrogen-bond donors (Lipinski definition) is 0. The highest BCUT2D eigenvalue weighted by atomic mass is 32.2. The first-order valence-electron chi connectivity index (χ1n) is 7.62. The van der Waals surface area contributed by atoms with Crippen molar-refractivity contribution in [3.05, 3.63) is 51.1 Å². The normalized spacial score (nSPS) is 15.9. The molecule has 1 aromatic carbocycles. The number of rotatable bonds is 6. The van der Waals surface area contributed by atoms with Crippen LogP contribution in [0.4, 0.5) is 0 Å². The summed E-state index contributed by atoms with van der Waals surface area (Å²) in [5.74, 6) is 1.35. The number of carbonyl (C=O) groups is 1. The van der Waals surface area contributed by atoms with Gasteiger partial charge in [-0.1, -0.05) is 36.1 Å². The van der Waals surface area contributed by atoms with E-state index < -0.39 is 0 Å². The Balaban J connectivity index is 1.69. The quantitative estimate of drug-likeness (QED) is 0.545. The Bertz CT molecular complexity index is 815. The molecule has 3 rings (SSSR count). The van der Waals surface area contributed by atoms with E-state index in [9.17, 15) is 4.79 Å². The van der Waals surface area contributed by atoms with Gasteiger partial charge in [0.15, 0.2) is 11.5 Å². The highest BCUT2D eigenvalue weighted by Gasteiger charge is 2.31. The maximum atomic E-state index is 12.6. The van der Waals surface area contributed by atoms with E-state index in [4.69, 9.17) is 21.7 Å². The molecule has 1 saturated heterocycles. The van der Waals surface area contributed by atoms with Crippen LogP contribution in [0.25, 0.3) is 6.08 Å². The zero-order valence-corrected chi connectivity index (χ0v) is 16.3. The summed E-state index contributed by atoms with van der Waals surface area (Å²) in [6.07, 6.45) is 2.60. The van der Waals surface area contributed by atoms with E-state index in [1.807, 2.05) is 41.8 Å². The van der Waals surface area contributed by atoms with Gasteiger partial charge in [0.05, 0.1) is 19.1 Å². The van der Waals surface area contributed by atoms with Crippen LogP contribution in [-0.2, 0) is 11.2 Å². The van der Waals surface area contributed by atoms with Crippen molar-refractivity contribution in [1.82, 2.24) is 4.90 Å². The number of thiocarbonyl (C=S) groups is 1. The fourth-order valence-electron chi connectivity index (χ4n) is 2.47. The van der Waals surface area contributed by atoms with Gasteiger partial charge in [0, 0.05) is 11.4 Å². The zero-order chi connectivity index (χ0) is 17.8. The minimum Gasteiger partial charge on any atom is -0.493 e. The molecule has 2 heterocycles. The summed E-state index contributed by atoms with van der Waals surface area (Å²) in [5.41, 5.74) is 1.06. The molecule has 0 spiro atoms. The molecule has 4 nitrogen and oxygen atoms in total. The van der Waals surface area contributed by atoms with Gasteiger partial charge >= 0.3 is 0 Å². The molecule has 0 atom stereocenters. The van der Waals surface area contributed by atoms with E-state index in [2.05, 4.69) is 0 Å². The van der Waals surface area contributed by atoms with Crippen molar-refractivity contribution in [3.63, 3.8) is 0 Å². The Hall–Kier alpha value is -1.83. The third kappa shape index (κ3) is 4.05. The monoisotopic (exact) mass is 391 g/mol. The maximum absolute atomic E-state index is 12.6. The molecule has 1 aromatic heterocycles. The summed E-state index contributed by atoms with van der Waals surface area (Å²) in [6.45, 7) is 0.544. The van der Waals surface area contributed by atoms with Gasteiger partial charge in [-0.15, -0.1) is 11.3 Å². The maximum Gasteiger partial charge on any atom is 0.266 e. The molecule has 1 fully saturated rings. The minimum atomic E-state index is -0.0242. The average Bonchev–Trinajstić information content (AvgIpc) is 3.22. The predicted octanol–water partition coefficient (Wildman–Crippen LogP) is 4.21. The van der Waals surface area contributed by atoms with E-state index in [1.165, 1.54) is 11.8 Å². The number of hydrogen-bond acceptors (Lipinski definition) is 6. The Labute approximate surface area is 160 Å². The van der Waals surface area contributed by atoms with Gasteiger partial charge in [0.25, 0.3) is 5.91 Å². The molecule has 0 bridgehead atoms. The number of ether oxygens (including phenoxy) is 2. The lowest BCUT2D eigenvalue weighted by Crippen LogP contribution is -2.30. The standard InChI is InChI=1S/C18H17NO3S3/c1-21-14-6-5-12(10-15(14)22-2)7-8-19-17(20)16(25-18(19)23)11-13-4-3-9-24-13/h3-6,9-11H,7-8H2,1-2H3/b16-11+. The van der Waals surface area contributed by atoms with Crippen molar-refractivity contribution in [2.75, 3.05) is 20.8 Å². The fraction of sp³-hybridized carbons (Fsp3) is 0.222. The SMILES string of the molecule is COc1ccc(CCN2C(=O)/C(=C\c3cccs3)SC2=S)cc1OC. The molecule has 130 valence electrons. The molecule has 0 N–H and O–H groups in total. The van der Waals surface area contributed by atoms with Crippen LogP contribution in [-0.4, -0.2) is 35.9 Å². The Morgan fingerprint density at radius 2 is 2.00 bits per heavy atom. The zero-order valence-electron chi connectivity index (χ0n) is 13.9.